The van der Waals surface area contributed by atoms with E-state index in [-0.39, 0.29) is 12.4 Å². The predicted molar refractivity (Wildman–Crippen MR) is 127 cm³/mol. The van der Waals surface area contributed by atoms with Gasteiger partial charge in [-0.15, -0.1) is 0 Å². The molecule has 0 unspecified atom stereocenters. The Morgan fingerprint density at radius 1 is 0.613 bits per heavy atom. The van der Waals surface area contributed by atoms with E-state index < -0.39 is 13.2 Å². The van der Waals surface area contributed by atoms with Crippen molar-refractivity contribution >= 4 is 29.1 Å². The molecule has 1 N–H and O–H groups in total. The summed E-state index contributed by atoms with van der Waals surface area (Å²) in [4.78, 5) is 11.2. The summed E-state index contributed by atoms with van der Waals surface area (Å²) in [5.41, 5.74) is 1.49. The highest BCUT2D eigenvalue weighted by Crippen LogP contribution is 2.55. The summed E-state index contributed by atoms with van der Waals surface area (Å²) in [5.74, 6) is -0.888. The van der Waals surface area contributed by atoms with Crippen LogP contribution in [0.5, 0.6) is 0 Å². The zero-order valence-electron chi connectivity index (χ0n) is 17.1. The van der Waals surface area contributed by atoms with E-state index in [9.17, 15) is 9.90 Å². The molecule has 0 atom stereocenters. The molecule has 0 aromatic heterocycles. The quantitative estimate of drug-likeness (QED) is 0.440. The number of hydrogen-bond acceptors (Lipinski definition) is 1. The van der Waals surface area contributed by atoms with Crippen LogP contribution in [-0.2, 0) is 6.42 Å². The molecular weight excluding hydrogens is 423 g/mol. The molecule has 0 amide bonds. The largest absolute Gasteiger partial charge is 1.00 e. The van der Waals surface area contributed by atoms with E-state index in [1.165, 1.54) is 15.9 Å². The van der Waals surface area contributed by atoms with Crippen LogP contribution in [0.4, 0.5) is 0 Å². The van der Waals surface area contributed by atoms with Crippen molar-refractivity contribution in [1.82, 2.24) is 0 Å². The maximum atomic E-state index is 11.2. The number of rotatable bonds is 7. The average Bonchev–Trinajstić information content (AvgIpc) is 2.82. The van der Waals surface area contributed by atoms with Gasteiger partial charge in [0.05, 0.1) is 11.7 Å². The molecule has 0 bridgehead atoms. The van der Waals surface area contributed by atoms with E-state index in [0.717, 1.165) is 18.1 Å². The summed E-state index contributed by atoms with van der Waals surface area (Å²) in [6.07, 6.45) is 1.86. The maximum Gasteiger partial charge on any atom is 0.335 e. The maximum absolute atomic E-state index is 11.2. The lowest BCUT2D eigenvalue weighted by atomic mass is 10.1. The Morgan fingerprint density at radius 2 is 1.00 bits per heavy atom. The lowest BCUT2D eigenvalue weighted by molar-refractivity contribution is -0.0000213. The zero-order chi connectivity index (χ0) is 20.8. The number of benzene rings is 4. The number of carboxylic acid groups (broad SMARTS) is 1. The van der Waals surface area contributed by atoms with Crippen LogP contribution in [0.2, 0.25) is 0 Å². The molecule has 0 fully saturated rings. The van der Waals surface area contributed by atoms with Crippen LogP contribution in [-0.4, -0.2) is 17.2 Å². The van der Waals surface area contributed by atoms with Gasteiger partial charge in [-0.1, -0.05) is 66.7 Å². The topological polar surface area (TPSA) is 37.3 Å². The standard InChI is InChI=1S/C27H23O2P.ClH/c28-27(29)23-18-16-22(17-19-23)20-21-30(24-10-4-1-5-11-24,25-12-6-2-7-13-25)26-14-8-3-9-15-26;/h1-19H,20-21H2;1H. The molecule has 2 nitrogen and oxygen atoms in total. The molecule has 4 rings (SSSR count). The molecule has 0 aliphatic carbocycles. The predicted octanol–water partition coefficient (Wildman–Crippen LogP) is 1.93. The van der Waals surface area contributed by atoms with Crippen molar-refractivity contribution in [2.24, 2.45) is 0 Å². The highest BCUT2D eigenvalue weighted by atomic mass is 35.5. The molecule has 0 aliphatic heterocycles. The molecule has 0 aliphatic rings. The SMILES string of the molecule is O=C(O)c1ccc(CC[P+](c2ccccc2)(c2ccccc2)c2ccccc2)cc1.[Cl-]. The molecule has 156 valence electrons. The number of hydrogen-bond donors (Lipinski definition) is 1. The molecule has 0 spiro atoms. The van der Waals surface area contributed by atoms with Crippen molar-refractivity contribution in [1.29, 1.82) is 0 Å². The Morgan fingerprint density at radius 3 is 1.35 bits per heavy atom. The Hall–Kier alpha value is -2.93. The van der Waals surface area contributed by atoms with Gasteiger partial charge in [0, 0.05) is 6.42 Å². The van der Waals surface area contributed by atoms with Gasteiger partial charge in [-0.3, -0.25) is 0 Å². The second kappa shape index (κ2) is 10.4. The summed E-state index contributed by atoms with van der Waals surface area (Å²) >= 11 is 0. The summed E-state index contributed by atoms with van der Waals surface area (Å²) in [6.45, 7) is 0. The molecule has 4 heteroatoms. The van der Waals surface area contributed by atoms with Gasteiger partial charge < -0.3 is 17.5 Å². The Bertz CT molecular complexity index is 1000. The third-order valence-corrected chi connectivity index (χ3v) is 9.96. The third kappa shape index (κ3) is 4.88. The fourth-order valence-corrected chi connectivity index (χ4v) is 8.30. The summed E-state index contributed by atoms with van der Waals surface area (Å²) in [5, 5.41) is 13.3. The fourth-order valence-electron chi connectivity index (χ4n) is 3.99. The minimum Gasteiger partial charge on any atom is -1.00 e. The van der Waals surface area contributed by atoms with Crippen molar-refractivity contribution < 1.29 is 22.3 Å². The van der Waals surface area contributed by atoms with Crippen molar-refractivity contribution in [3.63, 3.8) is 0 Å². The Labute approximate surface area is 190 Å². The van der Waals surface area contributed by atoms with Crippen molar-refractivity contribution in [2.45, 2.75) is 6.42 Å². The van der Waals surface area contributed by atoms with Gasteiger partial charge in [-0.25, -0.2) is 4.79 Å². The van der Waals surface area contributed by atoms with E-state index in [4.69, 9.17) is 0 Å². The van der Waals surface area contributed by atoms with Gasteiger partial charge in [0.25, 0.3) is 0 Å². The van der Waals surface area contributed by atoms with Gasteiger partial charge in [0.1, 0.15) is 23.2 Å². The molecule has 4 aromatic carbocycles. The van der Waals surface area contributed by atoms with Gasteiger partial charge in [-0.05, 0) is 54.1 Å². The number of carbonyl (C=O) groups is 1. The second-order valence-corrected chi connectivity index (χ2v) is 10.9. The van der Waals surface area contributed by atoms with Crippen molar-refractivity contribution in [2.75, 3.05) is 6.16 Å². The first-order chi connectivity index (χ1) is 14.7. The Kier molecular flexibility index (Phi) is 7.63. The van der Waals surface area contributed by atoms with Crippen LogP contribution < -0.4 is 28.3 Å². The summed E-state index contributed by atoms with van der Waals surface area (Å²) < 4.78 is 0. The number of carboxylic acids is 1. The minimum atomic E-state index is -1.87. The summed E-state index contributed by atoms with van der Waals surface area (Å²) in [6, 6.07) is 39.7. The molecule has 0 radical (unpaired) electrons. The third-order valence-electron chi connectivity index (χ3n) is 5.53. The van der Waals surface area contributed by atoms with Crippen LogP contribution in [0, 0.1) is 0 Å². The smallest absolute Gasteiger partial charge is 0.335 e. The van der Waals surface area contributed by atoms with E-state index in [0.29, 0.717) is 5.56 Å². The van der Waals surface area contributed by atoms with Gasteiger partial charge in [0.2, 0.25) is 0 Å². The lowest BCUT2D eigenvalue weighted by Gasteiger charge is -2.27. The number of halogens is 1. The van der Waals surface area contributed by atoms with Crippen molar-refractivity contribution in [3.8, 4) is 0 Å². The molecule has 31 heavy (non-hydrogen) atoms. The van der Waals surface area contributed by atoms with Gasteiger partial charge in [0.15, 0.2) is 0 Å². The lowest BCUT2D eigenvalue weighted by Crippen LogP contribution is -3.00. The van der Waals surface area contributed by atoms with E-state index in [1.54, 1.807) is 12.1 Å². The fraction of sp³-hybridized carbons (Fsp3) is 0.0741. The van der Waals surface area contributed by atoms with Crippen LogP contribution in [0.3, 0.4) is 0 Å². The van der Waals surface area contributed by atoms with E-state index in [2.05, 4.69) is 91.0 Å². The number of aryl methyl sites for hydroxylation is 1. The summed E-state index contributed by atoms with van der Waals surface area (Å²) in [7, 11) is -1.87. The first-order valence-electron chi connectivity index (χ1n) is 10.1. The van der Waals surface area contributed by atoms with Crippen LogP contribution in [0.15, 0.2) is 115 Å². The first kappa shape index (κ1) is 22.7. The molecule has 0 saturated carbocycles. The van der Waals surface area contributed by atoms with Crippen molar-refractivity contribution in [3.05, 3.63) is 126 Å². The van der Waals surface area contributed by atoms with Crippen LogP contribution >= 0.6 is 7.26 Å². The molecule has 0 saturated heterocycles. The normalized spacial score (nSPS) is 10.8. The van der Waals surface area contributed by atoms with Crippen LogP contribution in [0.1, 0.15) is 15.9 Å². The Balaban J connectivity index is 0.00000272. The number of aromatic carboxylic acids is 1. The minimum absolute atomic E-state index is 0. The molecule has 0 heterocycles. The monoisotopic (exact) mass is 446 g/mol. The first-order valence-corrected chi connectivity index (χ1v) is 12.0. The van der Waals surface area contributed by atoms with E-state index >= 15 is 0 Å². The molecular formula is C27H24ClO2P. The van der Waals surface area contributed by atoms with E-state index in [1.807, 2.05) is 12.1 Å². The average molecular weight is 447 g/mol. The van der Waals surface area contributed by atoms with Crippen LogP contribution in [0.25, 0.3) is 0 Å². The van der Waals surface area contributed by atoms with Gasteiger partial charge >= 0.3 is 5.97 Å². The highest BCUT2D eigenvalue weighted by Gasteiger charge is 2.44. The highest BCUT2D eigenvalue weighted by molar-refractivity contribution is 7.95. The zero-order valence-corrected chi connectivity index (χ0v) is 18.7. The van der Waals surface area contributed by atoms with Gasteiger partial charge in [-0.2, -0.15) is 0 Å². The molecule has 4 aromatic rings. The second-order valence-electron chi connectivity index (χ2n) is 7.29.